The second kappa shape index (κ2) is 4.22. The van der Waals surface area contributed by atoms with Crippen molar-refractivity contribution in [2.75, 3.05) is 0 Å². The van der Waals surface area contributed by atoms with Crippen LogP contribution in [0.3, 0.4) is 0 Å². The van der Waals surface area contributed by atoms with Gasteiger partial charge in [-0.25, -0.2) is 4.39 Å². The second-order valence-electron chi connectivity index (χ2n) is 4.25. The van der Waals surface area contributed by atoms with E-state index in [1.165, 1.54) is 0 Å². The molecule has 0 aromatic heterocycles. The Morgan fingerprint density at radius 3 is 2.33 bits per heavy atom. The number of halogens is 1. The average molecular weight is 173 g/mol. The highest BCUT2D eigenvalue weighted by Gasteiger charge is 2.28. The second-order valence-corrected chi connectivity index (χ2v) is 4.25. The molecule has 0 aliphatic heterocycles. The fourth-order valence-electron chi connectivity index (χ4n) is 1.63. The number of rotatable bonds is 3. The monoisotopic (exact) mass is 173 g/mol. The van der Waals surface area contributed by atoms with Crippen LogP contribution in [0.5, 0.6) is 0 Å². The standard InChI is InChI=1S/C10H20FN/c1-7(2)8(3)12-10-6-4-5-9(10)11/h7-10,12H,4-6H2,1-3H3/t8?,9-,10+/m1/s1. The first-order valence-electron chi connectivity index (χ1n) is 5.01. The zero-order chi connectivity index (χ0) is 9.14. The summed E-state index contributed by atoms with van der Waals surface area (Å²) in [5.74, 6) is 0.595. The van der Waals surface area contributed by atoms with Gasteiger partial charge in [-0.1, -0.05) is 13.8 Å². The van der Waals surface area contributed by atoms with Gasteiger partial charge in [0.25, 0.3) is 0 Å². The van der Waals surface area contributed by atoms with E-state index in [9.17, 15) is 4.39 Å². The third-order valence-corrected chi connectivity index (χ3v) is 2.91. The van der Waals surface area contributed by atoms with E-state index in [2.05, 4.69) is 26.1 Å². The molecule has 12 heavy (non-hydrogen) atoms. The molecule has 0 amide bonds. The van der Waals surface area contributed by atoms with Gasteiger partial charge in [0.1, 0.15) is 6.17 Å². The van der Waals surface area contributed by atoms with Crippen molar-refractivity contribution in [1.29, 1.82) is 0 Å². The fraction of sp³-hybridized carbons (Fsp3) is 1.00. The predicted octanol–water partition coefficient (Wildman–Crippen LogP) is 2.51. The summed E-state index contributed by atoms with van der Waals surface area (Å²) in [4.78, 5) is 0. The average Bonchev–Trinajstić information content (AvgIpc) is 2.36. The molecule has 1 N–H and O–H groups in total. The summed E-state index contributed by atoms with van der Waals surface area (Å²) < 4.78 is 13.1. The molecule has 0 saturated heterocycles. The molecule has 1 fully saturated rings. The minimum absolute atomic E-state index is 0.127. The zero-order valence-electron chi connectivity index (χ0n) is 8.31. The molecule has 1 saturated carbocycles. The normalized spacial score (nSPS) is 32.8. The fourth-order valence-corrected chi connectivity index (χ4v) is 1.63. The Morgan fingerprint density at radius 2 is 1.92 bits per heavy atom. The van der Waals surface area contributed by atoms with E-state index in [1.807, 2.05) is 0 Å². The first-order chi connectivity index (χ1) is 5.61. The molecule has 2 heteroatoms. The van der Waals surface area contributed by atoms with E-state index in [1.54, 1.807) is 0 Å². The van der Waals surface area contributed by atoms with Gasteiger partial charge in [0.05, 0.1) is 0 Å². The largest absolute Gasteiger partial charge is 0.308 e. The molecule has 0 heterocycles. The molecule has 0 bridgehead atoms. The van der Waals surface area contributed by atoms with Crippen LogP contribution in [-0.2, 0) is 0 Å². The summed E-state index contributed by atoms with van der Waals surface area (Å²) in [5.41, 5.74) is 0. The molecule has 0 aromatic rings. The summed E-state index contributed by atoms with van der Waals surface area (Å²) in [6.45, 7) is 6.47. The predicted molar refractivity (Wildman–Crippen MR) is 50.0 cm³/mol. The highest BCUT2D eigenvalue weighted by molar-refractivity contribution is 4.85. The SMILES string of the molecule is CC(C)C(C)N[C@H]1CCC[C@H]1F. The van der Waals surface area contributed by atoms with Gasteiger partial charge >= 0.3 is 0 Å². The van der Waals surface area contributed by atoms with Crippen molar-refractivity contribution in [3.8, 4) is 0 Å². The Labute approximate surface area is 74.7 Å². The maximum Gasteiger partial charge on any atom is 0.115 e. The molecule has 1 rings (SSSR count). The van der Waals surface area contributed by atoms with Crippen LogP contribution in [0.25, 0.3) is 0 Å². The Hall–Kier alpha value is -0.110. The highest BCUT2D eigenvalue weighted by Crippen LogP contribution is 2.22. The van der Waals surface area contributed by atoms with E-state index in [0.29, 0.717) is 12.0 Å². The lowest BCUT2D eigenvalue weighted by Crippen LogP contribution is -2.42. The summed E-state index contributed by atoms with van der Waals surface area (Å²) in [6, 6.07) is 0.564. The first kappa shape index (κ1) is 9.97. The van der Waals surface area contributed by atoms with Gasteiger partial charge in [-0.3, -0.25) is 0 Å². The van der Waals surface area contributed by atoms with Crippen molar-refractivity contribution in [1.82, 2.24) is 5.32 Å². The minimum atomic E-state index is -0.605. The molecular weight excluding hydrogens is 153 g/mol. The lowest BCUT2D eigenvalue weighted by Gasteiger charge is -2.23. The van der Waals surface area contributed by atoms with Gasteiger partial charge < -0.3 is 5.32 Å². The zero-order valence-corrected chi connectivity index (χ0v) is 8.31. The molecule has 0 aromatic carbocycles. The molecule has 1 nitrogen and oxygen atoms in total. The molecular formula is C10H20FN. The number of alkyl halides is 1. The van der Waals surface area contributed by atoms with E-state index >= 15 is 0 Å². The third-order valence-electron chi connectivity index (χ3n) is 2.91. The molecule has 72 valence electrons. The van der Waals surface area contributed by atoms with E-state index in [-0.39, 0.29) is 6.04 Å². The van der Waals surface area contributed by atoms with Crippen LogP contribution in [0.4, 0.5) is 4.39 Å². The van der Waals surface area contributed by atoms with Crippen molar-refractivity contribution in [3.63, 3.8) is 0 Å². The molecule has 1 aliphatic rings. The maximum absolute atomic E-state index is 13.1. The van der Waals surface area contributed by atoms with Crippen molar-refractivity contribution >= 4 is 0 Å². The molecule has 3 atom stereocenters. The van der Waals surface area contributed by atoms with Crippen molar-refractivity contribution < 1.29 is 4.39 Å². The van der Waals surface area contributed by atoms with Crippen LogP contribution < -0.4 is 5.32 Å². The van der Waals surface area contributed by atoms with Crippen molar-refractivity contribution in [2.45, 2.75) is 58.3 Å². The van der Waals surface area contributed by atoms with Crippen LogP contribution >= 0.6 is 0 Å². The van der Waals surface area contributed by atoms with Crippen LogP contribution in [-0.4, -0.2) is 18.3 Å². The molecule has 1 aliphatic carbocycles. The highest BCUT2D eigenvalue weighted by atomic mass is 19.1. The minimum Gasteiger partial charge on any atom is -0.308 e. The summed E-state index contributed by atoms with van der Waals surface area (Å²) in [5, 5.41) is 3.35. The Bertz CT molecular complexity index is 136. The quantitative estimate of drug-likeness (QED) is 0.691. The van der Waals surface area contributed by atoms with Crippen molar-refractivity contribution in [2.24, 2.45) is 5.92 Å². The van der Waals surface area contributed by atoms with Crippen LogP contribution in [0.15, 0.2) is 0 Å². The number of hydrogen-bond acceptors (Lipinski definition) is 1. The Morgan fingerprint density at radius 1 is 1.25 bits per heavy atom. The Balaban J connectivity index is 2.30. The van der Waals surface area contributed by atoms with Gasteiger partial charge in [-0.2, -0.15) is 0 Å². The molecule has 0 radical (unpaired) electrons. The van der Waals surface area contributed by atoms with Crippen LogP contribution in [0.2, 0.25) is 0 Å². The summed E-state index contributed by atoms with van der Waals surface area (Å²) in [7, 11) is 0. The van der Waals surface area contributed by atoms with Gasteiger partial charge in [-0.05, 0) is 32.1 Å². The third kappa shape index (κ3) is 2.44. The van der Waals surface area contributed by atoms with Crippen LogP contribution in [0.1, 0.15) is 40.0 Å². The van der Waals surface area contributed by atoms with E-state index in [4.69, 9.17) is 0 Å². The topological polar surface area (TPSA) is 12.0 Å². The van der Waals surface area contributed by atoms with Gasteiger partial charge in [-0.15, -0.1) is 0 Å². The number of hydrogen-bond donors (Lipinski definition) is 1. The Kier molecular flexibility index (Phi) is 3.51. The van der Waals surface area contributed by atoms with Crippen molar-refractivity contribution in [3.05, 3.63) is 0 Å². The van der Waals surface area contributed by atoms with E-state index in [0.717, 1.165) is 19.3 Å². The summed E-state index contributed by atoms with van der Waals surface area (Å²) in [6.07, 6.45) is 2.20. The first-order valence-corrected chi connectivity index (χ1v) is 5.01. The lowest BCUT2D eigenvalue weighted by molar-refractivity contribution is 0.251. The van der Waals surface area contributed by atoms with Gasteiger partial charge in [0.2, 0.25) is 0 Å². The smallest absolute Gasteiger partial charge is 0.115 e. The molecule has 1 unspecified atom stereocenters. The molecule has 0 spiro atoms. The lowest BCUT2D eigenvalue weighted by atomic mass is 10.0. The van der Waals surface area contributed by atoms with Crippen LogP contribution in [0, 0.1) is 5.92 Å². The maximum atomic E-state index is 13.1. The summed E-state index contributed by atoms with van der Waals surface area (Å²) >= 11 is 0. The van der Waals surface area contributed by atoms with Gasteiger partial charge in [0, 0.05) is 12.1 Å². The van der Waals surface area contributed by atoms with E-state index < -0.39 is 6.17 Å². The van der Waals surface area contributed by atoms with Gasteiger partial charge in [0.15, 0.2) is 0 Å². The number of nitrogens with one attached hydrogen (secondary N) is 1.